The first-order valence-electron chi connectivity index (χ1n) is 8.54. The lowest BCUT2D eigenvalue weighted by atomic mass is 10.2. The van der Waals surface area contributed by atoms with Crippen LogP contribution in [0.3, 0.4) is 0 Å². The maximum Gasteiger partial charge on any atom is 0.191 e. The molecule has 0 unspecified atom stereocenters. The third-order valence-corrected chi connectivity index (χ3v) is 3.85. The van der Waals surface area contributed by atoms with Crippen LogP contribution in [0.5, 0.6) is 0 Å². The summed E-state index contributed by atoms with van der Waals surface area (Å²) in [5.74, 6) is -0.378. The number of benzene rings is 1. The Bertz CT molecular complexity index is 871. The molecule has 0 saturated heterocycles. The highest BCUT2D eigenvalue weighted by molar-refractivity contribution is 5.79. The molecule has 26 heavy (non-hydrogen) atoms. The van der Waals surface area contributed by atoms with Crippen LogP contribution in [0, 0.1) is 11.6 Å². The van der Waals surface area contributed by atoms with Gasteiger partial charge in [0.2, 0.25) is 0 Å². The summed E-state index contributed by atoms with van der Waals surface area (Å²) in [5.41, 5.74) is 2.10. The number of aliphatic imine (C=N–C) groups is 1. The van der Waals surface area contributed by atoms with E-state index in [1.165, 1.54) is 6.07 Å². The molecule has 0 aliphatic rings. The van der Waals surface area contributed by atoms with Gasteiger partial charge < -0.3 is 15.0 Å². The highest BCUT2D eigenvalue weighted by atomic mass is 19.1. The highest BCUT2D eigenvalue weighted by Crippen LogP contribution is 2.10. The number of imidazole rings is 1. The lowest BCUT2D eigenvalue weighted by molar-refractivity contribution is 0.585. The molecule has 0 aliphatic heterocycles. The minimum absolute atomic E-state index is 0.0628. The maximum atomic E-state index is 13.7. The Morgan fingerprint density at radius 2 is 2.08 bits per heavy atom. The molecule has 7 heteroatoms. The normalized spacial score (nSPS) is 11.7. The number of aromatic nitrogens is 2. The van der Waals surface area contributed by atoms with Gasteiger partial charge in [-0.1, -0.05) is 6.07 Å². The fraction of sp³-hybridized carbons (Fsp3) is 0.263. The topological polar surface area (TPSA) is 53.7 Å². The summed E-state index contributed by atoms with van der Waals surface area (Å²) in [5, 5.41) is 6.29. The standard InChI is InChI=1S/C19H21F2N5/c1-2-22-19(24-12-14-11-15(20)6-7-17(14)21)23-9-8-16-13-26-10-4-3-5-18(26)25-16/h3-7,10-11,13H,2,8-9,12H2,1H3,(H2,22,23,24). The Balaban J connectivity index is 1.59. The van der Waals surface area contributed by atoms with Crippen LogP contribution >= 0.6 is 0 Å². The molecule has 3 rings (SSSR count). The van der Waals surface area contributed by atoms with Gasteiger partial charge in [0, 0.05) is 37.5 Å². The van der Waals surface area contributed by atoms with E-state index in [0.717, 1.165) is 29.9 Å². The predicted octanol–water partition coefficient (Wildman–Crippen LogP) is 2.91. The molecule has 0 spiro atoms. The molecule has 2 heterocycles. The van der Waals surface area contributed by atoms with Crippen molar-refractivity contribution in [3.63, 3.8) is 0 Å². The summed E-state index contributed by atoms with van der Waals surface area (Å²) in [6.07, 6.45) is 4.67. The quantitative estimate of drug-likeness (QED) is 0.527. The lowest BCUT2D eigenvalue weighted by Gasteiger charge is -2.11. The zero-order valence-electron chi connectivity index (χ0n) is 14.5. The monoisotopic (exact) mass is 357 g/mol. The smallest absolute Gasteiger partial charge is 0.191 e. The van der Waals surface area contributed by atoms with Gasteiger partial charge in [0.1, 0.15) is 17.3 Å². The minimum atomic E-state index is -0.471. The van der Waals surface area contributed by atoms with E-state index in [0.29, 0.717) is 19.0 Å². The van der Waals surface area contributed by atoms with E-state index >= 15 is 0 Å². The SMILES string of the molecule is CCNC(=NCc1cc(F)ccc1F)NCCc1cn2ccccc2n1. The molecular weight excluding hydrogens is 336 g/mol. The van der Waals surface area contributed by atoms with E-state index in [4.69, 9.17) is 0 Å². The maximum absolute atomic E-state index is 13.7. The number of hydrogen-bond acceptors (Lipinski definition) is 2. The Morgan fingerprint density at radius 3 is 2.88 bits per heavy atom. The van der Waals surface area contributed by atoms with Gasteiger partial charge in [0.25, 0.3) is 0 Å². The molecule has 0 bridgehead atoms. The number of fused-ring (bicyclic) bond motifs is 1. The van der Waals surface area contributed by atoms with Crippen molar-refractivity contribution in [2.45, 2.75) is 19.9 Å². The van der Waals surface area contributed by atoms with E-state index in [2.05, 4.69) is 20.6 Å². The first-order chi connectivity index (χ1) is 12.7. The minimum Gasteiger partial charge on any atom is -0.357 e. The van der Waals surface area contributed by atoms with Gasteiger partial charge in [-0.05, 0) is 37.3 Å². The van der Waals surface area contributed by atoms with E-state index in [1.54, 1.807) is 0 Å². The van der Waals surface area contributed by atoms with Gasteiger partial charge in [-0.3, -0.25) is 0 Å². The third kappa shape index (κ3) is 4.56. The van der Waals surface area contributed by atoms with Crippen LogP contribution in [-0.2, 0) is 13.0 Å². The van der Waals surface area contributed by atoms with Crippen molar-refractivity contribution < 1.29 is 8.78 Å². The molecule has 0 saturated carbocycles. The first kappa shape index (κ1) is 17.8. The average Bonchev–Trinajstić information content (AvgIpc) is 3.05. The molecule has 3 aromatic rings. The number of halogens is 2. The summed E-state index contributed by atoms with van der Waals surface area (Å²) in [7, 11) is 0. The van der Waals surface area contributed by atoms with Crippen molar-refractivity contribution in [1.82, 2.24) is 20.0 Å². The summed E-state index contributed by atoms with van der Waals surface area (Å²) in [6, 6.07) is 9.24. The molecule has 0 radical (unpaired) electrons. The average molecular weight is 357 g/mol. The number of pyridine rings is 1. The first-order valence-corrected chi connectivity index (χ1v) is 8.54. The van der Waals surface area contributed by atoms with Crippen LogP contribution in [0.15, 0.2) is 53.8 Å². The molecule has 2 N–H and O–H groups in total. The van der Waals surface area contributed by atoms with Gasteiger partial charge >= 0.3 is 0 Å². The van der Waals surface area contributed by atoms with Gasteiger partial charge in [-0.25, -0.2) is 18.8 Å². The summed E-state index contributed by atoms with van der Waals surface area (Å²) < 4.78 is 28.9. The molecule has 0 atom stereocenters. The van der Waals surface area contributed by atoms with Crippen LogP contribution in [0.25, 0.3) is 5.65 Å². The highest BCUT2D eigenvalue weighted by Gasteiger charge is 2.05. The van der Waals surface area contributed by atoms with Crippen molar-refractivity contribution >= 4 is 11.6 Å². The molecule has 1 aromatic carbocycles. The van der Waals surface area contributed by atoms with E-state index in [1.807, 2.05) is 41.9 Å². The number of guanidine groups is 1. The van der Waals surface area contributed by atoms with Crippen molar-refractivity contribution in [2.75, 3.05) is 13.1 Å². The Morgan fingerprint density at radius 1 is 1.19 bits per heavy atom. The molecular formula is C19H21F2N5. The van der Waals surface area contributed by atoms with Crippen LogP contribution in [0.2, 0.25) is 0 Å². The van der Waals surface area contributed by atoms with Gasteiger partial charge in [-0.15, -0.1) is 0 Å². The molecule has 0 aliphatic carbocycles. The molecule has 5 nitrogen and oxygen atoms in total. The number of hydrogen-bond donors (Lipinski definition) is 2. The third-order valence-electron chi connectivity index (χ3n) is 3.85. The van der Waals surface area contributed by atoms with Crippen molar-refractivity contribution in [3.05, 3.63) is 71.7 Å². The van der Waals surface area contributed by atoms with Crippen molar-refractivity contribution in [1.29, 1.82) is 0 Å². The largest absolute Gasteiger partial charge is 0.357 e. The van der Waals surface area contributed by atoms with Crippen molar-refractivity contribution in [2.24, 2.45) is 4.99 Å². The van der Waals surface area contributed by atoms with Gasteiger partial charge in [0.05, 0.1) is 12.2 Å². The Labute approximate surface area is 150 Å². The second-order valence-corrected chi connectivity index (χ2v) is 5.81. The fourth-order valence-corrected chi connectivity index (χ4v) is 2.59. The number of nitrogens with one attached hydrogen (secondary N) is 2. The molecule has 2 aromatic heterocycles. The Kier molecular flexibility index (Phi) is 5.78. The zero-order valence-corrected chi connectivity index (χ0v) is 14.5. The molecule has 0 amide bonds. The molecule has 0 fully saturated rings. The van der Waals surface area contributed by atoms with E-state index in [-0.39, 0.29) is 12.1 Å². The number of nitrogens with zero attached hydrogens (tertiary/aromatic N) is 3. The van der Waals surface area contributed by atoms with Crippen LogP contribution in [0.1, 0.15) is 18.2 Å². The second-order valence-electron chi connectivity index (χ2n) is 5.81. The fourth-order valence-electron chi connectivity index (χ4n) is 2.59. The zero-order chi connectivity index (χ0) is 18.4. The summed E-state index contributed by atoms with van der Waals surface area (Å²) in [6.45, 7) is 3.31. The number of rotatable bonds is 6. The predicted molar refractivity (Wildman–Crippen MR) is 98.1 cm³/mol. The second kappa shape index (κ2) is 8.42. The van der Waals surface area contributed by atoms with Crippen molar-refractivity contribution in [3.8, 4) is 0 Å². The summed E-state index contributed by atoms with van der Waals surface area (Å²) >= 11 is 0. The Hall–Kier alpha value is -2.96. The van der Waals surface area contributed by atoms with Crippen LogP contribution < -0.4 is 10.6 Å². The van der Waals surface area contributed by atoms with Crippen LogP contribution in [-0.4, -0.2) is 28.4 Å². The van der Waals surface area contributed by atoms with Crippen LogP contribution in [0.4, 0.5) is 8.78 Å². The molecule has 136 valence electrons. The van der Waals surface area contributed by atoms with E-state index < -0.39 is 11.6 Å². The summed E-state index contributed by atoms with van der Waals surface area (Å²) in [4.78, 5) is 8.86. The van der Waals surface area contributed by atoms with Gasteiger partial charge in [-0.2, -0.15) is 0 Å². The van der Waals surface area contributed by atoms with Gasteiger partial charge in [0.15, 0.2) is 5.96 Å². The van der Waals surface area contributed by atoms with E-state index in [9.17, 15) is 8.78 Å². The lowest BCUT2D eigenvalue weighted by Crippen LogP contribution is -2.38.